The van der Waals surface area contributed by atoms with Crippen LogP contribution in [0.2, 0.25) is 10.0 Å². The molecule has 0 radical (unpaired) electrons. The Hall–Kier alpha value is -3.54. The lowest BCUT2D eigenvalue weighted by molar-refractivity contribution is 0.0240. The van der Waals surface area contributed by atoms with Crippen LogP contribution in [0, 0.1) is 0 Å². The number of rotatable bonds is 5. The first-order chi connectivity index (χ1) is 18.9. The van der Waals surface area contributed by atoms with Gasteiger partial charge in [0.05, 0.1) is 22.8 Å². The zero-order valence-electron chi connectivity index (χ0n) is 22.1. The molecule has 0 aliphatic carbocycles. The molecule has 0 spiro atoms. The number of hydrogen-bond donors (Lipinski definition) is 1. The van der Waals surface area contributed by atoms with Gasteiger partial charge in [0.25, 0.3) is 10.0 Å². The van der Waals surface area contributed by atoms with Crippen LogP contribution in [0.1, 0.15) is 20.8 Å². The Balaban J connectivity index is 1.27. The molecule has 0 atom stereocenters. The molecular formula is C27H28Cl2N6O4S. The van der Waals surface area contributed by atoms with Crippen molar-refractivity contribution in [1.29, 1.82) is 0 Å². The maximum Gasteiger partial charge on any atom is 0.410 e. The van der Waals surface area contributed by atoms with Gasteiger partial charge < -0.3 is 14.5 Å². The van der Waals surface area contributed by atoms with Gasteiger partial charge in [-0.1, -0.05) is 23.2 Å². The second-order valence-electron chi connectivity index (χ2n) is 10.4. The second kappa shape index (κ2) is 10.8. The summed E-state index contributed by atoms with van der Waals surface area (Å²) in [5.74, 6) is 1.34. The first-order valence-electron chi connectivity index (χ1n) is 12.5. The maximum absolute atomic E-state index is 12.9. The molecule has 4 aromatic rings. The van der Waals surface area contributed by atoms with Gasteiger partial charge >= 0.3 is 6.09 Å². The fraction of sp³-hybridized carbons (Fsp3) is 0.296. The molecule has 2 aromatic carbocycles. The number of anilines is 2. The molecule has 0 bridgehead atoms. The van der Waals surface area contributed by atoms with Gasteiger partial charge in [-0.2, -0.15) is 0 Å². The number of hydrogen-bond acceptors (Lipinski definition) is 7. The van der Waals surface area contributed by atoms with Gasteiger partial charge in [-0.3, -0.25) is 9.29 Å². The van der Waals surface area contributed by atoms with Crippen molar-refractivity contribution in [2.45, 2.75) is 31.3 Å². The predicted octanol–water partition coefficient (Wildman–Crippen LogP) is 5.59. The molecule has 1 aliphatic rings. The minimum Gasteiger partial charge on any atom is -0.444 e. The monoisotopic (exact) mass is 602 g/mol. The third kappa shape index (κ3) is 6.27. The van der Waals surface area contributed by atoms with Crippen molar-refractivity contribution in [1.82, 2.24) is 19.4 Å². The lowest BCUT2D eigenvalue weighted by atomic mass is 10.2. The molecule has 1 amide bonds. The third-order valence-corrected chi connectivity index (χ3v) is 8.01. The van der Waals surface area contributed by atoms with Gasteiger partial charge in [0, 0.05) is 53.5 Å². The number of nitrogens with zero attached hydrogens (tertiary/aromatic N) is 5. The first-order valence-corrected chi connectivity index (χ1v) is 14.8. The molecule has 210 valence electrons. The number of fused-ring (bicyclic) bond motifs is 1. The van der Waals surface area contributed by atoms with Crippen molar-refractivity contribution in [2.24, 2.45) is 0 Å². The number of piperazine rings is 1. The Morgan fingerprint density at radius 3 is 2.20 bits per heavy atom. The number of aromatic nitrogens is 3. The summed E-state index contributed by atoms with van der Waals surface area (Å²) in [5, 5.41) is 1.28. The highest BCUT2D eigenvalue weighted by Crippen LogP contribution is 2.27. The van der Waals surface area contributed by atoms with Crippen LogP contribution in [-0.2, 0) is 14.8 Å². The summed E-state index contributed by atoms with van der Waals surface area (Å²) >= 11 is 12.0. The molecule has 40 heavy (non-hydrogen) atoms. The van der Waals surface area contributed by atoms with Crippen molar-refractivity contribution in [2.75, 3.05) is 35.8 Å². The molecule has 0 unspecified atom stereocenters. The zero-order chi connectivity index (χ0) is 28.7. The molecule has 13 heteroatoms. The fourth-order valence-electron chi connectivity index (χ4n) is 4.35. The number of ether oxygens (including phenoxy) is 1. The number of nitrogens with one attached hydrogen (secondary N) is 1. The van der Waals surface area contributed by atoms with Crippen LogP contribution in [0.15, 0.2) is 66.0 Å². The first kappa shape index (κ1) is 28.0. The van der Waals surface area contributed by atoms with Crippen LogP contribution in [0.5, 0.6) is 0 Å². The highest BCUT2D eigenvalue weighted by Gasteiger charge is 2.26. The molecule has 1 saturated heterocycles. The standard InChI is InChI=1S/C27H28Cl2N6O4S/c1-27(2,3)39-26(36)34-10-8-33(9-11-34)24-16-31-25(17-30-24)35-7-6-18-12-21(4-5-23(18)35)32-40(37,38)22-14-19(28)13-20(29)15-22/h4-7,12-17,32H,8-11H2,1-3H3. The summed E-state index contributed by atoms with van der Waals surface area (Å²) in [6, 6.07) is 11.2. The van der Waals surface area contributed by atoms with E-state index in [-0.39, 0.29) is 21.0 Å². The average molecular weight is 604 g/mol. The van der Waals surface area contributed by atoms with E-state index in [0.717, 1.165) is 16.7 Å². The molecule has 1 aliphatic heterocycles. The molecular weight excluding hydrogens is 575 g/mol. The highest BCUT2D eigenvalue weighted by atomic mass is 35.5. The smallest absolute Gasteiger partial charge is 0.410 e. The highest BCUT2D eigenvalue weighted by molar-refractivity contribution is 7.92. The van der Waals surface area contributed by atoms with Gasteiger partial charge in [0.1, 0.15) is 11.4 Å². The van der Waals surface area contributed by atoms with Crippen molar-refractivity contribution in [3.05, 3.63) is 71.1 Å². The molecule has 5 rings (SSSR count). The number of carbonyl (C=O) groups excluding carboxylic acids is 1. The Morgan fingerprint density at radius 1 is 0.925 bits per heavy atom. The van der Waals surface area contributed by atoms with Crippen LogP contribution >= 0.6 is 23.2 Å². The van der Waals surface area contributed by atoms with Crippen LogP contribution in [0.25, 0.3) is 16.7 Å². The van der Waals surface area contributed by atoms with E-state index in [1.165, 1.54) is 18.2 Å². The van der Waals surface area contributed by atoms with E-state index < -0.39 is 15.6 Å². The van der Waals surface area contributed by atoms with Gasteiger partial charge in [0.2, 0.25) is 0 Å². The summed E-state index contributed by atoms with van der Waals surface area (Å²) in [5.41, 5.74) is 0.703. The normalized spacial score (nSPS) is 14.4. The average Bonchev–Trinajstić information content (AvgIpc) is 3.30. The molecule has 10 nitrogen and oxygen atoms in total. The number of carbonyl (C=O) groups is 1. The molecule has 3 heterocycles. The van der Waals surface area contributed by atoms with Gasteiger partial charge in [0.15, 0.2) is 5.82 Å². The summed E-state index contributed by atoms with van der Waals surface area (Å²) in [4.78, 5) is 25.3. The predicted molar refractivity (Wildman–Crippen MR) is 156 cm³/mol. The largest absolute Gasteiger partial charge is 0.444 e. The summed E-state index contributed by atoms with van der Waals surface area (Å²) in [6.45, 7) is 7.89. The van der Waals surface area contributed by atoms with E-state index in [9.17, 15) is 13.2 Å². The Labute approximate surface area is 242 Å². The Morgan fingerprint density at radius 2 is 1.57 bits per heavy atom. The number of amides is 1. The van der Waals surface area contributed by atoms with Crippen molar-refractivity contribution < 1.29 is 17.9 Å². The fourth-order valence-corrected chi connectivity index (χ4v) is 6.13. The Kier molecular flexibility index (Phi) is 7.56. The van der Waals surface area contributed by atoms with Crippen LogP contribution in [0.4, 0.5) is 16.3 Å². The minimum absolute atomic E-state index is 0.0238. The summed E-state index contributed by atoms with van der Waals surface area (Å²) in [7, 11) is -3.89. The Bertz CT molecular complexity index is 1640. The van der Waals surface area contributed by atoms with Gasteiger partial charge in [-0.25, -0.2) is 23.2 Å². The summed E-state index contributed by atoms with van der Waals surface area (Å²) in [6.07, 6.45) is 4.94. The summed E-state index contributed by atoms with van der Waals surface area (Å²) < 4.78 is 35.6. The molecule has 1 fully saturated rings. The second-order valence-corrected chi connectivity index (χ2v) is 12.9. The van der Waals surface area contributed by atoms with E-state index >= 15 is 0 Å². The molecule has 0 saturated carbocycles. The molecule has 1 N–H and O–H groups in total. The minimum atomic E-state index is -3.89. The van der Waals surface area contributed by atoms with Crippen LogP contribution < -0.4 is 9.62 Å². The molecule has 2 aromatic heterocycles. The van der Waals surface area contributed by atoms with Gasteiger partial charge in [-0.15, -0.1) is 0 Å². The van der Waals surface area contributed by atoms with Gasteiger partial charge in [-0.05, 0) is 63.2 Å². The number of halogens is 2. The van der Waals surface area contributed by atoms with E-state index in [4.69, 9.17) is 27.9 Å². The van der Waals surface area contributed by atoms with E-state index in [0.29, 0.717) is 37.7 Å². The number of sulfonamides is 1. The topological polar surface area (TPSA) is 110 Å². The van der Waals surface area contributed by atoms with Crippen molar-refractivity contribution in [3.63, 3.8) is 0 Å². The van der Waals surface area contributed by atoms with Crippen LogP contribution in [0.3, 0.4) is 0 Å². The lowest BCUT2D eigenvalue weighted by Crippen LogP contribution is -2.50. The quantitative estimate of drug-likeness (QED) is 0.317. The SMILES string of the molecule is CC(C)(C)OC(=O)N1CCN(c2cnc(-n3ccc4cc(NS(=O)(=O)c5cc(Cl)cc(Cl)c5)ccc43)cn2)CC1. The van der Waals surface area contributed by atoms with E-state index in [1.807, 2.05) is 43.7 Å². The third-order valence-electron chi connectivity index (χ3n) is 6.22. The zero-order valence-corrected chi connectivity index (χ0v) is 24.5. The maximum atomic E-state index is 12.9. The number of benzene rings is 2. The van der Waals surface area contributed by atoms with Crippen molar-refractivity contribution >= 4 is 61.7 Å². The lowest BCUT2D eigenvalue weighted by Gasteiger charge is -2.36. The van der Waals surface area contributed by atoms with E-state index in [1.54, 1.807) is 29.4 Å². The van der Waals surface area contributed by atoms with Crippen LogP contribution in [-0.4, -0.2) is 65.7 Å². The van der Waals surface area contributed by atoms with Crippen molar-refractivity contribution in [3.8, 4) is 5.82 Å². The van der Waals surface area contributed by atoms with E-state index in [2.05, 4.69) is 19.6 Å².